The molecule has 2 rings (SSSR count). The monoisotopic (exact) mass is 466 g/mol. The van der Waals surface area contributed by atoms with Crippen molar-refractivity contribution < 1.29 is 4.79 Å². The molecule has 1 amide bonds. The van der Waals surface area contributed by atoms with Gasteiger partial charge in [-0.2, -0.15) is 0 Å². The molecule has 3 N–H and O–H groups in total. The van der Waals surface area contributed by atoms with Crippen LogP contribution in [0.15, 0.2) is 53.5 Å². The zero-order chi connectivity index (χ0) is 18.2. The highest BCUT2D eigenvalue weighted by molar-refractivity contribution is 14.0. The van der Waals surface area contributed by atoms with Crippen molar-refractivity contribution in [2.24, 2.45) is 10.7 Å². The normalized spacial score (nSPS) is 10.8. The van der Waals surface area contributed by atoms with Gasteiger partial charge in [-0.3, -0.25) is 9.79 Å². The lowest BCUT2D eigenvalue weighted by Gasteiger charge is -2.11. The fourth-order valence-electron chi connectivity index (χ4n) is 2.43. The number of guanidine groups is 1. The molecule has 0 fully saturated rings. The van der Waals surface area contributed by atoms with Crippen molar-refractivity contribution >= 4 is 41.5 Å². The van der Waals surface area contributed by atoms with Gasteiger partial charge >= 0.3 is 0 Å². The zero-order valence-corrected chi connectivity index (χ0v) is 17.9. The van der Waals surface area contributed by atoms with Crippen LogP contribution in [0.5, 0.6) is 0 Å². The minimum Gasteiger partial charge on any atom is -0.370 e. The molecule has 140 valence electrons. The van der Waals surface area contributed by atoms with E-state index < -0.39 is 0 Å². The van der Waals surface area contributed by atoms with Gasteiger partial charge in [0.15, 0.2) is 5.96 Å². The van der Waals surface area contributed by atoms with Crippen molar-refractivity contribution in [1.82, 2.24) is 4.90 Å². The molecule has 0 heterocycles. The number of rotatable bonds is 6. The molecule has 0 aliphatic rings. The van der Waals surface area contributed by atoms with Crippen molar-refractivity contribution in [2.45, 2.75) is 19.8 Å². The van der Waals surface area contributed by atoms with Gasteiger partial charge in [-0.1, -0.05) is 31.2 Å². The number of amides is 1. The number of halogens is 1. The number of nitrogens with zero attached hydrogens (tertiary/aromatic N) is 2. The first-order valence-electron chi connectivity index (χ1n) is 8.46. The van der Waals surface area contributed by atoms with Crippen LogP contribution in [0, 0.1) is 0 Å². The molecule has 0 saturated heterocycles. The molecule has 26 heavy (non-hydrogen) atoms. The maximum atomic E-state index is 12.0. The first kappa shape index (κ1) is 22.0. The van der Waals surface area contributed by atoms with Crippen molar-refractivity contribution in [3.05, 3.63) is 65.2 Å². The molecular formula is C20H27IN4O. The standard InChI is InChI=1S/C20H26N4O.HI/c1-4-15-8-10-18(11-9-15)23-20(21)22-13-12-16-6-5-7-17(14-16)19(25)24(2)3;/h5-11,14H,4,12-13H2,1-3H3,(H3,21,22,23);1H. The van der Waals surface area contributed by atoms with Gasteiger partial charge in [-0.05, 0) is 48.2 Å². The lowest BCUT2D eigenvalue weighted by Crippen LogP contribution is -2.23. The predicted octanol–water partition coefficient (Wildman–Crippen LogP) is 3.54. The Morgan fingerprint density at radius 1 is 1.12 bits per heavy atom. The van der Waals surface area contributed by atoms with Crippen molar-refractivity contribution in [3.8, 4) is 0 Å². The highest BCUT2D eigenvalue weighted by Crippen LogP contribution is 2.10. The third kappa shape index (κ3) is 6.67. The van der Waals surface area contributed by atoms with E-state index in [0.29, 0.717) is 18.1 Å². The van der Waals surface area contributed by atoms with Crippen LogP contribution in [0.4, 0.5) is 5.69 Å². The number of aliphatic imine (C=N–C) groups is 1. The molecule has 0 aliphatic heterocycles. The maximum Gasteiger partial charge on any atom is 0.253 e. The number of anilines is 1. The van der Waals surface area contributed by atoms with Crippen LogP contribution in [-0.2, 0) is 12.8 Å². The van der Waals surface area contributed by atoms with E-state index >= 15 is 0 Å². The third-order valence-corrected chi connectivity index (χ3v) is 3.90. The number of aryl methyl sites for hydroxylation is 1. The Balaban J connectivity index is 0.00000338. The summed E-state index contributed by atoms with van der Waals surface area (Å²) in [6.45, 7) is 2.69. The number of hydrogen-bond acceptors (Lipinski definition) is 2. The highest BCUT2D eigenvalue weighted by atomic mass is 127. The zero-order valence-electron chi connectivity index (χ0n) is 15.5. The summed E-state index contributed by atoms with van der Waals surface area (Å²) in [6.07, 6.45) is 1.74. The largest absolute Gasteiger partial charge is 0.370 e. The number of carbonyl (C=O) groups is 1. The van der Waals surface area contributed by atoms with Gasteiger partial charge in [0.25, 0.3) is 5.91 Å². The molecule has 0 saturated carbocycles. The van der Waals surface area contributed by atoms with E-state index in [0.717, 1.165) is 24.1 Å². The van der Waals surface area contributed by atoms with Gasteiger partial charge < -0.3 is 16.0 Å². The molecule has 2 aromatic carbocycles. The molecule has 5 nitrogen and oxygen atoms in total. The topological polar surface area (TPSA) is 70.7 Å². The predicted molar refractivity (Wildman–Crippen MR) is 120 cm³/mol. The number of carbonyl (C=O) groups excluding carboxylic acids is 1. The quantitative estimate of drug-likeness (QED) is 0.389. The van der Waals surface area contributed by atoms with Gasteiger partial charge in [0, 0.05) is 31.9 Å². The molecule has 0 aromatic heterocycles. The lowest BCUT2D eigenvalue weighted by molar-refractivity contribution is 0.0827. The fourth-order valence-corrected chi connectivity index (χ4v) is 2.43. The van der Waals surface area contributed by atoms with Crippen LogP contribution >= 0.6 is 24.0 Å². The number of benzene rings is 2. The third-order valence-electron chi connectivity index (χ3n) is 3.90. The van der Waals surface area contributed by atoms with Crippen LogP contribution in [-0.4, -0.2) is 37.4 Å². The smallest absolute Gasteiger partial charge is 0.253 e. The van der Waals surface area contributed by atoms with E-state index in [1.807, 2.05) is 36.4 Å². The van der Waals surface area contributed by atoms with E-state index in [9.17, 15) is 4.79 Å². The molecule has 6 heteroatoms. The minimum atomic E-state index is 0. The molecule has 0 aliphatic carbocycles. The van der Waals surface area contributed by atoms with E-state index in [4.69, 9.17) is 5.73 Å². The summed E-state index contributed by atoms with van der Waals surface area (Å²) in [5.41, 5.74) is 9.90. The minimum absolute atomic E-state index is 0. The van der Waals surface area contributed by atoms with Crippen LogP contribution in [0.2, 0.25) is 0 Å². The second-order valence-electron chi connectivity index (χ2n) is 6.09. The fraction of sp³-hybridized carbons (Fsp3) is 0.300. The average molecular weight is 466 g/mol. The van der Waals surface area contributed by atoms with Gasteiger partial charge in [-0.25, -0.2) is 0 Å². The summed E-state index contributed by atoms with van der Waals surface area (Å²) in [6, 6.07) is 15.8. The van der Waals surface area contributed by atoms with E-state index in [-0.39, 0.29) is 29.9 Å². The molecule has 0 atom stereocenters. The number of hydrogen-bond donors (Lipinski definition) is 2. The van der Waals surface area contributed by atoms with Crippen molar-refractivity contribution in [1.29, 1.82) is 0 Å². The molecular weight excluding hydrogens is 439 g/mol. The Hall–Kier alpha value is -2.09. The van der Waals surface area contributed by atoms with Crippen LogP contribution in [0.1, 0.15) is 28.4 Å². The van der Waals surface area contributed by atoms with Crippen LogP contribution < -0.4 is 11.1 Å². The summed E-state index contributed by atoms with van der Waals surface area (Å²) in [4.78, 5) is 17.9. The number of nitrogens with two attached hydrogens (primary N) is 1. The van der Waals surface area contributed by atoms with Gasteiger partial charge in [-0.15, -0.1) is 24.0 Å². The average Bonchev–Trinajstić information content (AvgIpc) is 2.62. The molecule has 0 radical (unpaired) electrons. The Kier molecular flexibility index (Phi) is 9.12. The molecule has 2 aromatic rings. The second-order valence-corrected chi connectivity index (χ2v) is 6.09. The summed E-state index contributed by atoms with van der Waals surface area (Å²) < 4.78 is 0. The Bertz CT molecular complexity index is 742. The van der Waals surface area contributed by atoms with Gasteiger partial charge in [0.2, 0.25) is 0 Å². The van der Waals surface area contributed by atoms with E-state index in [2.05, 4.69) is 29.4 Å². The molecule has 0 spiro atoms. The molecule has 0 unspecified atom stereocenters. The second kappa shape index (κ2) is 10.8. The van der Waals surface area contributed by atoms with Crippen molar-refractivity contribution in [3.63, 3.8) is 0 Å². The van der Waals surface area contributed by atoms with Gasteiger partial charge in [0.1, 0.15) is 0 Å². The Morgan fingerprint density at radius 3 is 2.42 bits per heavy atom. The Labute approximate surface area is 172 Å². The summed E-state index contributed by atoms with van der Waals surface area (Å²) in [5.74, 6) is 0.395. The first-order valence-corrected chi connectivity index (χ1v) is 8.46. The van der Waals surface area contributed by atoms with Crippen molar-refractivity contribution in [2.75, 3.05) is 26.0 Å². The highest BCUT2D eigenvalue weighted by Gasteiger charge is 2.07. The molecule has 0 bridgehead atoms. The van der Waals surface area contributed by atoms with E-state index in [1.54, 1.807) is 19.0 Å². The lowest BCUT2D eigenvalue weighted by atomic mass is 10.1. The van der Waals surface area contributed by atoms with Crippen LogP contribution in [0.3, 0.4) is 0 Å². The maximum absolute atomic E-state index is 12.0. The Morgan fingerprint density at radius 2 is 1.81 bits per heavy atom. The summed E-state index contributed by atoms with van der Waals surface area (Å²) in [5, 5.41) is 3.09. The summed E-state index contributed by atoms with van der Waals surface area (Å²) in [7, 11) is 3.50. The SMILES string of the molecule is CCc1ccc(NC(N)=NCCc2cccc(C(=O)N(C)C)c2)cc1.I. The summed E-state index contributed by atoms with van der Waals surface area (Å²) >= 11 is 0. The number of nitrogens with one attached hydrogen (secondary N) is 1. The van der Waals surface area contributed by atoms with E-state index in [1.165, 1.54) is 5.56 Å². The van der Waals surface area contributed by atoms with Crippen LogP contribution in [0.25, 0.3) is 0 Å². The first-order chi connectivity index (χ1) is 12.0. The van der Waals surface area contributed by atoms with Gasteiger partial charge in [0.05, 0.1) is 0 Å².